The lowest BCUT2D eigenvalue weighted by Crippen LogP contribution is -2.20. The van der Waals surface area contributed by atoms with E-state index in [1.54, 1.807) is 19.2 Å². The van der Waals surface area contributed by atoms with Crippen molar-refractivity contribution in [3.63, 3.8) is 0 Å². The van der Waals surface area contributed by atoms with Crippen LogP contribution >= 0.6 is 15.9 Å². The maximum atomic E-state index is 12.0. The maximum Gasteiger partial charge on any atom is 0.293 e. The minimum Gasteiger partial charge on any atom is -0.319 e. The number of carbonyl (C=O) groups excluding carboxylic acids is 1. The third kappa shape index (κ3) is 3.46. The molecule has 0 aliphatic heterocycles. The lowest BCUT2D eigenvalue weighted by molar-refractivity contribution is -0.384. The minimum absolute atomic E-state index is 0.0114. The Hall–Kier alpha value is -2.22. The molecule has 1 aromatic heterocycles. The Labute approximate surface area is 129 Å². The molecule has 0 saturated carbocycles. The van der Waals surface area contributed by atoms with Gasteiger partial charge in [-0.2, -0.15) is 5.10 Å². The van der Waals surface area contributed by atoms with Gasteiger partial charge in [0.05, 0.1) is 21.3 Å². The van der Waals surface area contributed by atoms with Crippen LogP contribution in [0.15, 0.2) is 28.9 Å². The fourth-order valence-corrected chi connectivity index (χ4v) is 2.10. The molecule has 1 amide bonds. The second-order valence-corrected chi connectivity index (χ2v) is 5.42. The number of aryl methyl sites for hydroxylation is 1. The van der Waals surface area contributed by atoms with Crippen molar-refractivity contribution >= 4 is 33.2 Å². The van der Waals surface area contributed by atoms with Crippen molar-refractivity contribution in [1.82, 2.24) is 9.78 Å². The van der Waals surface area contributed by atoms with Crippen molar-refractivity contribution in [2.24, 2.45) is 0 Å². The number of rotatable bonds is 4. The van der Waals surface area contributed by atoms with Crippen LogP contribution in [-0.4, -0.2) is 20.6 Å². The number of amides is 1. The van der Waals surface area contributed by atoms with Gasteiger partial charge >= 0.3 is 0 Å². The van der Waals surface area contributed by atoms with Crippen LogP contribution in [0, 0.1) is 24.0 Å². The highest BCUT2D eigenvalue weighted by Gasteiger charge is 2.16. The fraction of sp³-hybridized carbons (Fsp3) is 0.231. The fourth-order valence-electron chi connectivity index (χ4n) is 1.81. The van der Waals surface area contributed by atoms with Gasteiger partial charge in [0.15, 0.2) is 0 Å². The number of benzene rings is 1. The van der Waals surface area contributed by atoms with E-state index in [9.17, 15) is 14.9 Å². The number of aromatic nitrogens is 2. The Morgan fingerprint density at radius 1 is 1.48 bits per heavy atom. The SMILES string of the molecule is Cc1ccc(NC(=O)Cn2ncc(Br)c2C)c([N+](=O)[O-])c1. The van der Waals surface area contributed by atoms with Gasteiger partial charge < -0.3 is 5.32 Å². The second kappa shape index (κ2) is 6.04. The second-order valence-electron chi connectivity index (χ2n) is 4.56. The molecule has 110 valence electrons. The molecule has 0 aliphatic rings. The summed E-state index contributed by atoms with van der Waals surface area (Å²) in [5.41, 5.74) is 1.62. The number of nitro benzene ring substituents is 1. The van der Waals surface area contributed by atoms with Crippen molar-refractivity contribution in [3.8, 4) is 0 Å². The van der Waals surface area contributed by atoms with E-state index >= 15 is 0 Å². The molecule has 1 N–H and O–H groups in total. The minimum atomic E-state index is -0.516. The summed E-state index contributed by atoms with van der Waals surface area (Å²) in [5.74, 6) is -0.374. The molecule has 21 heavy (non-hydrogen) atoms. The molecule has 2 aromatic rings. The van der Waals surface area contributed by atoms with Gasteiger partial charge in [-0.3, -0.25) is 19.6 Å². The third-order valence-corrected chi connectivity index (χ3v) is 3.74. The predicted molar refractivity (Wildman–Crippen MR) is 81.1 cm³/mol. The maximum absolute atomic E-state index is 12.0. The van der Waals surface area contributed by atoms with E-state index in [0.717, 1.165) is 15.7 Å². The van der Waals surface area contributed by atoms with Gasteiger partial charge in [-0.05, 0) is 41.4 Å². The van der Waals surface area contributed by atoms with Gasteiger partial charge in [0.2, 0.25) is 5.91 Å². The molecule has 0 saturated heterocycles. The molecule has 1 aromatic carbocycles. The van der Waals surface area contributed by atoms with Gasteiger partial charge in [0.1, 0.15) is 12.2 Å². The number of anilines is 1. The molecule has 8 heteroatoms. The third-order valence-electron chi connectivity index (χ3n) is 2.96. The van der Waals surface area contributed by atoms with Gasteiger partial charge in [-0.15, -0.1) is 0 Å². The smallest absolute Gasteiger partial charge is 0.293 e. The summed E-state index contributed by atoms with van der Waals surface area (Å²) in [7, 11) is 0. The molecule has 0 bridgehead atoms. The van der Waals surface area contributed by atoms with Crippen LogP contribution in [-0.2, 0) is 11.3 Å². The standard InChI is InChI=1S/C13H13BrN4O3/c1-8-3-4-11(12(5-8)18(20)21)16-13(19)7-17-9(2)10(14)6-15-17/h3-6H,7H2,1-2H3,(H,16,19). The zero-order valence-corrected chi connectivity index (χ0v) is 13.0. The molecule has 0 unspecified atom stereocenters. The topological polar surface area (TPSA) is 90.1 Å². The molecular weight excluding hydrogens is 340 g/mol. The van der Waals surface area contributed by atoms with Crippen molar-refractivity contribution in [2.45, 2.75) is 20.4 Å². The first-order valence-electron chi connectivity index (χ1n) is 6.11. The molecule has 0 radical (unpaired) electrons. The summed E-state index contributed by atoms with van der Waals surface area (Å²) in [5, 5.41) is 17.6. The Kier molecular flexibility index (Phi) is 4.37. The molecule has 7 nitrogen and oxygen atoms in total. The van der Waals surface area contributed by atoms with Crippen molar-refractivity contribution in [1.29, 1.82) is 0 Å². The number of carbonyl (C=O) groups is 1. The molecule has 1 heterocycles. The highest BCUT2D eigenvalue weighted by Crippen LogP contribution is 2.25. The Balaban J connectivity index is 2.17. The molecule has 0 fully saturated rings. The van der Waals surface area contributed by atoms with E-state index in [4.69, 9.17) is 0 Å². The molecular formula is C13H13BrN4O3. The van der Waals surface area contributed by atoms with Crippen LogP contribution in [0.25, 0.3) is 0 Å². The number of halogens is 1. The first-order valence-corrected chi connectivity index (χ1v) is 6.90. The molecule has 2 rings (SSSR count). The summed E-state index contributed by atoms with van der Waals surface area (Å²) in [6, 6.07) is 4.65. The van der Waals surface area contributed by atoms with E-state index in [1.807, 2.05) is 6.92 Å². The van der Waals surface area contributed by atoms with Crippen LogP contribution < -0.4 is 5.32 Å². The van der Waals surface area contributed by atoms with Crippen molar-refractivity contribution in [2.75, 3.05) is 5.32 Å². The predicted octanol–water partition coefficient (Wildman–Crippen LogP) is 2.81. The summed E-state index contributed by atoms with van der Waals surface area (Å²) in [4.78, 5) is 22.5. The highest BCUT2D eigenvalue weighted by molar-refractivity contribution is 9.10. The average molecular weight is 353 g/mol. The van der Waals surface area contributed by atoms with E-state index in [-0.39, 0.29) is 23.8 Å². The van der Waals surface area contributed by atoms with E-state index < -0.39 is 4.92 Å². The lowest BCUT2D eigenvalue weighted by Gasteiger charge is -2.08. The summed E-state index contributed by atoms with van der Waals surface area (Å²) < 4.78 is 2.32. The zero-order chi connectivity index (χ0) is 15.6. The number of nitro groups is 1. The Morgan fingerprint density at radius 2 is 2.19 bits per heavy atom. The summed E-state index contributed by atoms with van der Waals surface area (Å²) >= 11 is 3.31. The van der Waals surface area contributed by atoms with Crippen LogP contribution in [0.4, 0.5) is 11.4 Å². The Morgan fingerprint density at radius 3 is 2.76 bits per heavy atom. The molecule has 0 aliphatic carbocycles. The number of hydrogen-bond donors (Lipinski definition) is 1. The first-order chi connectivity index (χ1) is 9.88. The quantitative estimate of drug-likeness (QED) is 0.676. The van der Waals surface area contributed by atoms with Gasteiger partial charge in [0.25, 0.3) is 5.69 Å². The van der Waals surface area contributed by atoms with Crippen LogP contribution in [0.5, 0.6) is 0 Å². The van der Waals surface area contributed by atoms with E-state index in [1.165, 1.54) is 16.8 Å². The monoisotopic (exact) mass is 352 g/mol. The summed E-state index contributed by atoms with van der Waals surface area (Å²) in [6.07, 6.45) is 1.59. The Bertz CT molecular complexity index is 711. The molecule has 0 atom stereocenters. The van der Waals surface area contributed by atoms with Crippen LogP contribution in [0.3, 0.4) is 0 Å². The van der Waals surface area contributed by atoms with Crippen molar-refractivity contribution < 1.29 is 9.72 Å². The van der Waals surface area contributed by atoms with Gasteiger partial charge in [-0.25, -0.2) is 0 Å². The number of nitrogens with one attached hydrogen (secondary N) is 1. The average Bonchev–Trinajstić information content (AvgIpc) is 2.72. The normalized spacial score (nSPS) is 10.4. The molecule has 0 spiro atoms. The highest BCUT2D eigenvalue weighted by atomic mass is 79.9. The van der Waals surface area contributed by atoms with E-state index in [2.05, 4.69) is 26.3 Å². The number of hydrogen-bond acceptors (Lipinski definition) is 4. The summed E-state index contributed by atoms with van der Waals surface area (Å²) in [6.45, 7) is 3.56. The lowest BCUT2D eigenvalue weighted by atomic mass is 10.2. The zero-order valence-electron chi connectivity index (χ0n) is 11.5. The largest absolute Gasteiger partial charge is 0.319 e. The van der Waals surface area contributed by atoms with Crippen LogP contribution in [0.2, 0.25) is 0 Å². The number of nitrogens with zero attached hydrogens (tertiary/aromatic N) is 3. The first kappa shape index (κ1) is 15.2. The van der Waals surface area contributed by atoms with E-state index in [0.29, 0.717) is 0 Å². The van der Waals surface area contributed by atoms with Gasteiger partial charge in [0, 0.05) is 6.07 Å². The van der Waals surface area contributed by atoms with Crippen molar-refractivity contribution in [3.05, 3.63) is 50.2 Å². The van der Waals surface area contributed by atoms with Crippen LogP contribution in [0.1, 0.15) is 11.3 Å². The van der Waals surface area contributed by atoms with Gasteiger partial charge in [-0.1, -0.05) is 6.07 Å².